The number of thiophene rings is 2. The second-order valence-electron chi connectivity index (χ2n) is 5.88. The van der Waals surface area contributed by atoms with E-state index in [1.54, 1.807) is 0 Å². The first kappa shape index (κ1) is 16.5. The van der Waals surface area contributed by atoms with Crippen LogP contribution in [0, 0.1) is 13.8 Å². The molecule has 0 aliphatic heterocycles. The molecule has 0 fully saturated rings. The summed E-state index contributed by atoms with van der Waals surface area (Å²) in [5.41, 5.74) is 5.11. The molecule has 2 heterocycles. The van der Waals surface area contributed by atoms with Gasteiger partial charge in [-0.2, -0.15) is 0 Å². The Balaban J connectivity index is 1.86. The van der Waals surface area contributed by atoms with Crippen LogP contribution in [-0.2, 0) is 0 Å². The normalized spacial score (nSPS) is 11.3. The molecule has 0 radical (unpaired) electrons. The molecule has 4 rings (SSSR count). The van der Waals surface area contributed by atoms with Crippen LogP contribution < -0.4 is 0 Å². The number of aryl methyl sites for hydroxylation is 2. The molecule has 0 N–H and O–H groups in total. The summed E-state index contributed by atoms with van der Waals surface area (Å²) in [7, 11) is 0. The van der Waals surface area contributed by atoms with Crippen molar-refractivity contribution in [3.63, 3.8) is 0 Å². The molecule has 0 aliphatic carbocycles. The van der Waals surface area contributed by atoms with E-state index in [0.29, 0.717) is 0 Å². The van der Waals surface area contributed by atoms with Gasteiger partial charge in [-0.25, -0.2) is 0 Å². The third kappa shape index (κ3) is 2.80. The fourth-order valence-electron chi connectivity index (χ4n) is 2.66. The predicted molar refractivity (Wildman–Crippen MR) is 115 cm³/mol. The molecule has 4 heteroatoms. The molecule has 0 atom stereocenters. The topological polar surface area (TPSA) is 0 Å². The van der Waals surface area contributed by atoms with Crippen LogP contribution in [0.15, 0.2) is 57.5 Å². The maximum absolute atomic E-state index is 3.84. The van der Waals surface area contributed by atoms with Crippen LogP contribution >= 0.6 is 54.5 Å². The number of hydrogen-bond acceptors (Lipinski definition) is 2. The van der Waals surface area contributed by atoms with Crippen LogP contribution in [0.4, 0.5) is 0 Å². The van der Waals surface area contributed by atoms with Crippen molar-refractivity contribution in [2.75, 3.05) is 0 Å². The van der Waals surface area contributed by atoms with Gasteiger partial charge < -0.3 is 0 Å². The van der Waals surface area contributed by atoms with E-state index >= 15 is 0 Å². The van der Waals surface area contributed by atoms with Gasteiger partial charge in [0.2, 0.25) is 0 Å². The van der Waals surface area contributed by atoms with Crippen molar-refractivity contribution in [1.82, 2.24) is 0 Å². The van der Waals surface area contributed by atoms with E-state index in [2.05, 4.69) is 94.2 Å². The maximum Gasteiger partial charge on any atom is 0.0618 e. The van der Waals surface area contributed by atoms with Gasteiger partial charge in [-0.3, -0.25) is 0 Å². The number of halogens is 2. The van der Waals surface area contributed by atoms with Gasteiger partial charge in [0.1, 0.15) is 0 Å². The second-order valence-corrected chi connectivity index (χ2v) is 9.51. The molecular formula is C20H14Br2S2. The Hall–Kier alpha value is -0.940. The van der Waals surface area contributed by atoms with Gasteiger partial charge in [-0.15, -0.1) is 22.7 Å². The SMILES string of the molecule is Cc1ccc(-c2sc3c(Br)c(-c4ccc(C)cc4)sc3c2Br)cc1. The highest BCUT2D eigenvalue weighted by Crippen LogP contribution is 2.52. The van der Waals surface area contributed by atoms with Crippen molar-refractivity contribution >= 4 is 63.9 Å². The molecule has 120 valence electrons. The van der Waals surface area contributed by atoms with E-state index in [9.17, 15) is 0 Å². The van der Waals surface area contributed by atoms with Crippen molar-refractivity contribution in [2.45, 2.75) is 13.8 Å². The van der Waals surface area contributed by atoms with Crippen LogP contribution in [0.25, 0.3) is 30.3 Å². The quantitative estimate of drug-likeness (QED) is 0.271. The zero-order chi connectivity index (χ0) is 16.8. The molecule has 0 amide bonds. The van der Waals surface area contributed by atoms with Crippen molar-refractivity contribution in [2.24, 2.45) is 0 Å². The summed E-state index contributed by atoms with van der Waals surface area (Å²) >= 11 is 11.4. The van der Waals surface area contributed by atoms with Crippen molar-refractivity contribution in [3.05, 3.63) is 68.6 Å². The average molecular weight is 478 g/mol. The smallest absolute Gasteiger partial charge is 0.0618 e. The van der Waals surface area contributed by atoms with Crippen LogP contribution in [0.1, 0.15) is 11.1 Å². The minimum Gasteiger partial charge on any atom is -0.132 e. The summed E-state index contributed by atoms with van der Waals surface area (Å²) in [5.74, 6) is 0. The molecule has 0 nitrogen and oxygen atoms in total. The predicted octanol–water partition coefficient (Wildman–Crippen LogP) is 8.44. The van der Waals surface area contributed by atoms with Crippen LogP contribution in [0.2, 0.25) is 0 Å². The van der Waals surface area contributed by atoms with E-state index in [1.165, 1.54) is 50.4 Å². The van der Waals surface area contributed by atoms with Crippen molar-refractivity contribution in [3.8, 4) is 20.9 Å². The monoisotopic (exact) mass is 476 g/mol. The van der Waals surface area contributed by atoms with Gasteiger partial charge in [0.15, 0.2) is 0 Å². The largest absolute Gasteiger partial charge is 0.132 e. The highest BCUT2D eigenvalue weighted by molar-refractivity contribution is 9.11. The summed E-state index contributed by atoms with van der Waals surface area (Å²) < 4.78 is 5.04. The molecule has 0 unspecified atom stereocenters. The molecular weight excluding hydrogens is 464 g/mol. The van der Waals surface area contributed by atoms with Gasteiger partial charge in [0.05, 0.1) is 28.1 Å². The van der Waals surface area contributed by atoms with Crippen LogP contribution in [0.3, 0.4) is 0 Å². The molecule has 2 aromatic heterocycles. The number of fused-ring (bicyclic) bond motifs is 1. The van der Waals surface area contributed by atoms with Gasteiger partial charge in [0, 0.05) is 0 Å². The highest BCUT2D eigenvalue weighted by Gasteiger charge is 2.20. The minimum atomic E-state index is 1.20. The lowest BCUT2D eigenvalue weighted by Crippen LogP contribution is -1.76. The second kappa shape index (κ2) is 6.41. The third-order valence-electron chi connectivity index (χ3n) is 4.04. The number of hydrogen-bond donors (Lipinski definition) is 0. The lowest BCUT2D eigenvalue weighted by Gasteiger charge is -2.01. The molecule has 0 bridgehead atoms. The fourth-order valence-corrected chi connectivity index (χ4v) is 7.20. The summed E-state index contributed by atoms with van der Waals surface area (Å²) in [6.45, 7) is 4.24. The Labute approximate surface area is 166 Å². The van der Waals surface area contributed by atoms with E-state index in [4.69, 9.17) is 0 Å². The highest BCUT2D eigenvalue weighted by atomic mass is 79.9. The van der Waals surface area contributed by atoms with Gasteiger partial charge in [0.25, 0.3) is 0 Å². The zero-order valence-electron chi connectivity index (χ0n) is 13.2. The number of benzene rings is 2. The Morgan fingerprint density at radius 3 is 1.25 bits per heavy atom. The van der Waals surface area contributed by atoms with Crippen LogP contribution in [0.5, 0.6) is 0 Å². The van der Waals surface area contributed by atoms with Gasteiger partial charge in [-0.05, 0) is 56.8 Å². The molecule has 0 aliphatic rings. The van der Waals surface area contributed by atoms with E-state index in [1.807, 2.05) is 22.7 Å². The molecule has 2 aromatic carbocycles. The summed E-state index contributed by atoms with van der Waals surface area (Å²) in [5, 5.41) is 0. The lowest BCUT2D eigenvalue weighted by molar-refractivity contribution is 1.48. The molecule has 0 saturated heterocycles. The zero-order valence-corrected chi connectivity index (χ0v) is 18.0. The Morgan fingerprint density at radius 1 is 0.583 bits per heavy atom. The summed E-state index contributed by atoms with van der Waals surface area (Å²) in [6.07, 6.45) is 0. The average Bonchev–Trinajstić information content (AvgIpc) is 3.07. The van der Waals surface area contributed by atoms with Gasteiger partial charge in [-0.1, -0.05) is 59.7 Å². The van der Waals surface area contributed by atoms with Crippen LogP contribution in [-0.4, -0.2) is 0 Å². The van der Waals surface area contributed by atoms with Crippen molar-refractivity contribution in [1.29, 1.82) is 0 Å². The fraction of sp³-hybridized carbons (Fsp3) is 0.100. The maximum atomic E-state index is 3.84. The summed E-state index contributed by atoms with van der Waals surface area (Å²) in [6, 6.07) is 17.5. The number of rotatable bonds is 2. The first-order valence-corrected chi connectivity index (χ1v) is 10.8. The first-order chi connectivity index (χ1) is 11.5. The van der Waals surface area contributed by atoms with E-state index < -0.39 is 0 Å². The summed E-state index contributed by atoms with van der Waals surface area (Å²) in [4.78, 5) is 2.60. The minimum absolute atomic E-state index is 1.20. The lowest BCUT2D eigenvalue weighted by atomic mass is 10.1. The standard InChI is InChI=1S/C20H14Br2S2/c1-11-3-7-13(8-4-11)17-15(21)19-20(23-17)16(22)18(24-19)14-9-5-12(2)6-10-14/h3-10H,1-2H3. The Morgan fingerprint density at radius 2 is 0.917 bits per heavy atom. The Kier molecular flexibility index (Phi) is 4.42. The van der Waals surface area contributed by atoms with Gasteiger partial charge >= 0.3 is 0 Å². The third-order valence-corrected chi connectivity index (χ3v) is 9.32. The van der Waals surface area contributed by atoms with E-state index in [-0.39, 0.29) is 0 Å². The molecule has 0 saturated carbocycles. The molecule has 4 aromatic rings. The van der Waals surface area contributed by atoms with E-state index in [0.717, 1.165) is 0 Å². The Bertz CT molecular complexity index is 937. The molecule has 24 heavy (non-hydrogen) atoms. The molecule has 0 spiro atoms. The first-order valence-electron chi connectivity index (χ1n) is 7.59. The van der Waals surface area contributed by atoms with Crippen molar-refractivity contribution < 1.29 is 0 Å².